The van der Waals surface area contributed by atoms with Crippen LogP contribution >= 0.6 is 0 Å². The maximum Gasteiger partial charge on any atom is 0.376 e. The van der Waals surface area contributed by atoms with Gasteiger partial charge in [-0.05, 0) is 12.1 Å². The predicted octanol–water partition coefficient (Wildman–Crippen LogP) is 2.42. The Morgan fingerprint density at radius 3 is 2.85 bits per heavy atom. The Balaban J connectivity index is 2.19. The van der Waals surface area contributed by atoms with Crippen LogP contribution in [0, 0.1) is 0 Å². The van der Waals surface area contributed by atoms with E-state index in [-0.39, 0.29) is 5.82 Å². The number of carbonyl (C=O) groups is 1. The van der Waals surface area contributed by atoms with E-state index < -0.39 is 5.97 Å². The third kappa shape index (κ3) is 1.93. The fourth-order valence-corrected chi connectivity index (χ4v) is 2.24. The highest BCUT2D eigenvalue weighted by Gasteiger charge is 2.13. The minimum Gasteiger partial charge on any atom is -0.463 e. The van der Waals surface area contributed by atoms with E-state index in [1.807, 2.05) is 42.1 Å². The van der Waals surface area contributed by atoms with Crippen molar-refractivity contribution < 1.29 is 9.53 Å². The Hall–Kier alpha value is -2.69. The van der Waals surface area contributed by atoms with E-state index in [2.05, 4.69) is 14.7 Å². The van der Waals surface area contributed by atoms with Crippen LogP contribution in [0.4, 0.5) is 0 Å². The van der Waals surface area contributed by atoms with Crippen molar-refractivity contribution in [2.24, 2.45) is 7.05 Å². The van der Waals surface area contributed by atoms with Gasteiger partial charge < -0.3 is 9.30 Å². The fourth-order valence-electron chi connectivity index (χ4n) is 2.24. The van der Waals surface area contributed by atoms with Crippen LogP contribution in [0.2, 0.25) is 0 Å². The van der Waals surface area contributed by atoms with E-state index in [9.17, 15) is 4.79 Å². The molecule has 0 saturated heterocycles. The summed E-state index contributed by atoms with van der Waals surface area (Å²) in [5.41, 5.74) is 2.79. The van der Waals surface area contributed by atoms with Gasteiger partial charge in [-0.3, -0.25) is 0 Å². The summed E-state index contributed by atoms with van der Waals surface area (Å²) < 4.78 is 6.68. The number of hydrogen-bond acceptors (Lipinski definition) is 4. The van der Waals surface area contributed by atoms with Crippen molar-refractivity contribution in [3.63, 3.8) is 0 Å². The zero-order valence-electron chi connectivity index (χ0n) is 11.2. The third-order valence-corrected chi connectivity index (χ3v) is 3.20. The monoisotopic (exact) mass is 267 g/mol. The Bertz CT molecular complexity index is 793. The molecule has 20 heavy (non-hydrogen) atoms. The van der Waals surface area contributed by atoms with Gasteiger partial charge in [0.25, 0.3) is 0 Å². The molecule has 0 aliphatic heterocycles. The Morgan fingerprint density at radius 1 is 1.25 bits per heavy atom. The molecule has 0 saturated carbocycles. The summed E-state index contributed by atoms with van der Waals surface area (Å²) >= 11 is 0. The van der Waals surface area contributed by atoms with Crippen molar-refractivity contribution in [3.8, 4) is 11.3 Å². The van der Waals surface area contributed by atoms with Gasteiger partial charge in [0, 0.05) is 35.9 Å². The number of nitrogens with zero attached hydrogens (tertiary/aromatic N) is 3. The number of methoxy groups -OCH3 is 1. The average Bonchev–Trinajstić information content (AvgIpc) is 2.84. The molecule has 0 unspecified atom stereocenters. The van der Waals surface area contributed by atoms with Gasteiger partial charge in [-0.1, -0.05) is 18.2 Å². The van der Waals surface area contributed by atoms with Crippen LogP contribution in [-0.4, -0.2) is 27.6 Å². The maximum absolute atomic E-state index is 11.5. The summed E-state index contributed by atoms with van der Waals surface area (Å²) in [7, 11) is 3.30. The SMILES string of the molecule is COC(=O)c1nccc(-c2cn(C)c3ccccc23)n1. The molecule has 0 atom stereocenters. The summed E-state index contributed by atoms with van der Waals surface area (Å²) in [4.78, 5) is 19.7. The largest absolute Gasteiger partial charge is 0.463 e. The molecule has 0 bridgehead atoms. The highest BCUT2D eigenvalue weighted by Crippen LogP contribution is 2.28. The van der Waals surface area contributed by atoms with Gasteiger partial charge in [-0.25, -0.2) is 14.8 Å². The molecular weight excluding hydrogens is 254 g/mol. The lowest BCUT2D eigenvalue weighted by Gasteiger charge is -2.01. The minimum absolute atomic E-state index is 0.0675. The zero-order chi connectivity index (χ0) is 14.1. The highest BCUT2D eigenvalue weighted by atomic mass is 16.5. The summed E-state index contributed by atoms with van der Waals surface area (Å²) in [6.45, 7) is 0. The summed E-state index contributed by atoms with van der Waals surface area (Å²) in [5.74, 6) is -0.468. The van der Waals surface area contributed by atoms with Crippen molar-refractivity contribution in [2.45, 2.75) is 0 Å². The van der Waals surface area contributed by atoms with Crippen LogP contribution in [0.3, 0.4) is 0 Å². The molecule has 5 heteroatoms. The number of aryl methyl sites for hydroxylation is 1. The molecule has 5 nitrogen and oxygen atoms in total. The number of fused-ring (bicyclic) bond motifs is 1. The second-order valence-electron chi connectivity index (χ2n) is 4.43. The number of esters is 1. The Morgan fingerprint density at radius 2 is 2.05 bits per heavy atom. The van der Waals surface area contributed by atoms with E-state index in [0.29, 0.717) is 5.69 Å². The lowest BCUT2D eigenvalue weighted by molar-refractivity contribution is 0.0587. The average molecular weight is 267 g/mol. The molecular formula is C15H13N3O2. The first kappa shape index (κ1) is 12.3. The molecule has 0 aliphatic carbocycles. The number of carbonyl (C=O) groups excluding carboxylic acids is 1. The molecule has 0 fully saturated rings. The molecule has 3 aromatic rings. The van der Waals surface area contributed by atoms with Crippen LogP contribution in [0.5, 0.6) is 0 Å². The van der Waals surface area contributed by atoms with Gasteiger partial charge >= 0.3 is 5.97 Å². The Kier molecular flexibility index (Phi) is 2.95. The molecule has 0 spiro atoms. The summed E-state index contributed by atoms with van der Waals surface area (Å²) in [6.07, 6.45) is 3.56. The quantitative estimate of drug-likeness (QED) is 0.669. The molecule has 100 valence electrons. The zero-order valence-corrected chi connectivity index (χ0v) is 11.2. The lowest BCUT2D eigenvalue weighted by atomic mass is 10.1. The molecule has 0 aliphatic rings. The smallest absolute Gasteiger partial charge is 0.376 e. The van der Waals surface area contributed by atoms with E-state index in [0.717, 1.165) is 16.5 Å². The topological polar surface area (TPSA) is 57.0 Å². The first-order valence-electron chi connectivity index (χ1n) is 6.16. The van der Waals surface area contributed by atoms with Gasteiger partial charge in [0.1, 0.15) is 0 Å². The second-order valence-corrected chi connectivity index (χ2v) is 4.43. The van der Waals surface area contributed by atoms with Crippen LogP contribution < -0.4 is 0 Å². The normalized spacial score (nSPS) is 10.7. The molecule has 0 radical (unpaired) electrons. The minimum atomic E-state index is -0.535. The number of ether oxygens (including phenoxy) is 1. The van der Waals surface area contributed by atoms with Gasteiger partial charge in [0.15, 0.2) is 0 Å². The molecule has 3 rings (SSSR count). The standard InChI is InChI=1S/C15H13N3O2/c1-18-9-11(10-5-3-4-6-13(10)18)12-7-8-16-14(17-12)15(19)20-2/h3-9H,1-2H3. The van der Waals surface area contributed by atoms with Crippen LogP contribution in [0.15, 0.2) is 42.7 Å². The van der Waals surface area contributed by atoms with Crippen molar-refractivity contribution in [1.82, 2.24) is 14.5 Å². The van der Waals surface area contributed by atoms with Gasteiger partial charge in [0.05, 0.1) is 12.8 Å². The first-order valence-corrected chi connectivity index (χ1v) is 6.16. The number of benzene rings is 1. The molecule has 1 aromatic carbocycles. The van der Waals surface area contributed by atoms with Crippen molar-refractivity contribution in [2.75, 3.05) is 7.11 Å². The molecule has 2 aromatic heterocycles. The van der Waals surface area contributed by atoms with Crippen LogP contribution in [0.25, 0.3) is 22.2 Å². The molecule has 0 N–H and O–H groups in total. The van der Waals surface area contributed by atoms with Crippen LogP contribution in [-0.2, 0) is 11.8 Å². The lowest BCUT2D eigenvalue weighted by Crippen LogP contribution is -2.07. The predicted molar refractivity (Wildman–Crippen MR) is 75.3 cm³/mol. The second kappa shape index (κ2) is 4.77. The summed E-state index contributed by atoms with van der Waals surface area (Å²) in [6, 6.07) is 9.83. The van der Waals surface area contributed by atoms with Gasteiger partial charge in [0.2, 0.25) is 5.82 Å². The van der Waals surface area contributed by atoms with E-state index >= 15 is 0 Å². The van der Waals surface area contributed by atoms with Gasteiger partial charge in [-0.15, -0.1) is 0 Å². The van der Waals surface area contributed by atoms with E-state index in [1.165, 1.54) is 7.11 Å². The Labute approximate surface area is 115 Å². The number of para-hydroxylation sites is 1. The van der Waals surface area contributed by atoms with E-state index in [4.69, 9.17) is 0 Å². The number of hydrogen-bond donors (Lipinski definition) is 0. The number of rotatable bonds is 2. The summed E-state index contributed by atoms with van der Waals surface area (Å²) in [5, 5.41) is 1.09. The number of aromatic nitrogens is 3. The van der Waals surface area contributed by atoms with Crippen LogP contribution in [0.1, 0.15) is 10.6 Å². The van der Waals surface area contributed by atoms with E-state index in [1.54, 1.807) is 12.3 Å². The molecule has 0 amide bonds. The first-order chi connectivity index (χ1) is 9.70. The van der Waals surface area contributed by atoms with Crippen molar-refractivity contribution in [3.05, 3.63) is 48.5 Å². The maximum atomic E-state index is 11.5. The fraction of sp³-hybridized carbons (Fsp3) is 0.133. The highest BCUT2D eigenvalue weighted by molar-refractivity contribution is 5.95. The van der Waals surface area contributed by atoms with Gasteiger partial charge in [-0.2, -0.15) is 0 Å². The van der Waals surface area contributed by atoms with Crippen molar-refractivity contribution in [1.29, 1.82) is 0 Å². The third-order valence-electron chi connectivity index (χ3n) is 3.20. The molecule has 2 heterocycles. The van der Waals surface area contributed by atoms with Crippen molar-refractivity contribution >= 4 is 16.9 Å².